The molecule has 2 N–H and O–H groups in total. The number of aromatic amines is 1. The van der Waals surface area contributed by atoms with Crippen LogP contribution in [0.3, 0.4) is 0 Å². The van der Waals surface area contributed by atoms with Gasteiger partial charge in [-0.2, -0.15) is 0 Å². The molecule has 2 heterocycles. The van der Waals surface area contributed by atoms with Crippen molar-refractivity contribution in [2.45, 2.75) is 0 Å². The van der Waals surface area contributed by atoms with Crippen molar-refractivity contribution in [2.75, 3.05) is 7.11 Å². The van der Waals surface area contributed by atoms with Crippen molar-refractivity contribution in [1.82, 2.24) is 9.55 Å². The van der Waals surface area contributed by atoms with E-state index in [2.05, 4.69) is 9.98 Å². The number of hydrogen-bond acceptors (Lipinski definition) is 5. The van der Waals surface area contributed by atoms with Gasteiger partial charge in [0.15, 0.2) is 4.77 Å². The first-order valence-electron chi connectivity index (χ1n) is 6.75. The highest BCUT2D eigenvalue weighted by Crippen LogP contribution is 2.23. The van der Waals surface area contributed by atoms with Crippen LogP contribution in [0.4, 0.5) is 0 Å². The molecule has 7 heteroatoms. The van der Waals surface area contributed by atoms with Gasteiger partial charge >= 0.3 is 0 Å². The van der Waals surface area contributed by atoms with Crippen LogP contribution in [-0.4, -0.2) is 28.0 Å². The van der Waals surface area contributed by atoms with E-state index in [9.17, 15) is 9.90 Å². The number of aromatic hydroxyl groups is 1. The van der Waals surface area contributed by atoms with Crippen LogP contribution in [0, 0.1) is 4.77 Å². The van der Waals surface area contributed by atoms with Crippen molar-refractivity contribution in [3.05, 3.63) is 62.8 Å². The minimum Gasteiger partial charge on any atom is -0.497 e. The van der Waals surface area contributed by atoms with Crippen molar-refractivity contribution in [3.8, 4) is 17.3 Å². The summed E-state index contributed by atoms with van der Waals surface area (Å²) in [5.74, 6) is 0.434. The third-order valence-corrected chi connectivity index (χ3v) is 3.61. The Morgan fingerprint density at radius 3 is 2.70 bits per heavy atom. The molecule has 0 saturated heterocycles. The summed E-state index contributed by atoms with van der Waals surface area (Å²) < 4.78 is 6.59. The maximum atomic E-state index is 12.1. The maximum absolute atomic E-state index is 12.1. The van der Waals surface area contributed by atoms with Gasteiger partial charge in [0.1, 0.15) is 11.3 Å². The summed E-state index contributed by atoms with van der Waals surface area (Å²) in [5, 5.41) is 10.5. The highest BCUT2D eigenvalue weighted by molar-refractivity contribution is 7.71. The van der Waals surface area contributed by atoms with E-state index >= 15 is 0 Å². The predicted molar refractivity (Wildman–Crippen MR) is 91.0 cm³/mol. The van der Waals surface area contributed by atoms with Gasteiger partial charge in [0.05, 0.1) is 18.5 Å². The topological polar surface area (TPSA) is 79.6 Å². The van der Waals surface area contributed by atoms with Gasteiger partial charge in [-0.25, -0.2) is 0 Å². The van der Waals surface area contributed by atoms with E-state index in [1.807, 2.05) is 0 Å². The lowest BCUT2D eigenvalue weighted by Gasteiger charge is -2.12. The molecule has 116 valence electrons. The average Bonchev–Trinajstić information content (AvgIpc) is 3.05. The van der Waals surface area contributed by atoms with E-state index in [1.165, 1.54) is 10.6 Å². The number of nitrogens with zero attached hydrogens (tertiary/aromatic N) is 2. The Labute approximate surface area is 136 Å². The van der Waals surface area contributed by atoms with E-state index < -0.39 is 5.56 Å². The number of rotatable bonds is 3. The van der Waals surface area contributed by atoms with Gasteiger partial charge in [-0.15, -0.1) is 0 Å². The minimum absolute atomic E-state index is 0.0909. The molecule has 6 nitrogen and oxygen atoms in total. The molecular weight excluding hydrogens is 314 g/mol. The van der Waals surface area contributed by atoms with E-state index in [0.29, 0.717) is 17.1 Å². The highest BCUT2D eigenvalue weighted by Gasteiger charge is 2.13. The monoisotopic (exact) mass is 327 g/mol. The van der Waals surface area contributed by atoms with E-state index in [1.54, 1.807) is 49.7 Å². The lowest BCUT2D eigenvalue weighted by molar-refractivity contribution is 0.414. The summed E-state index contributed by atoms with van der Waals surface area (Å²) in [6.07, 6.45) is 6.59. The number of H-pyrrole nitrogens is 1. The van der Waals surface area contributed by atoms with Gasteiger partial charge in [-0.3, -0.25) is 19.3 Å². The number of methoxy groups -OCH3 is 1. The van der Waals surface area contributed by atoms with Gasteiger partial charge < -0.3 is 9.84 Å². The molecule has 1 aromatic carbocycles. The van der Waals surface area contributed by atoms with Crippen LogP contribution in [0.15, 0.2) is 51.9 Å². The smallest absolute Gasteiger partial charge is 0.262 e. The summed E-state index contributed by atoms with van der Waals surface area (Å²) >= 11 is 5.16. The first kappa shape index (κ1) is 15.0. The number of ether oxygens (including phenoxy) is 1. The van der Waals surface area contributed by atoms with Crippen molar-refractivity contribution in [2.24, 2.45) is 4.99 Å². The zero-order valence-electron chi connectivity index (χ0n) is 12.2. The van der Waals surface area contributed by atoms with Crippen molar-refractivity contribution in [3.63, 3.8) is 0 Å². The third-order valence-electron chi connectivity index (χ3n) is 3.32. The molecule has 23 heavy (non-hydrogen) atoms. The maximum Gasteiger partial charge on any atom is 0.262 e. The van der Waals surface area contributed by atoms with Gasteiger partial charge in [-0.1, -0.05) is 0 Å². The highest BCUT2D eigenvalue weighted by atomic mass is 32.1. The summed E-state index contributed by atoms with van der Waals surface area (Å²) in [7, 11) is 1.57. The molecule has 0 spiro atoms. The molecule has 1 aliphatic heterocycles. The zero-order chi connectivity index (χ0) is 16.4. The number of aliphatic imine (C=N–C) groups is 1. The number of benzene rings is 1. The lowest BCUT2D eigenvalue weighted by atomic mass is 10.2. The second-order valence-electron chi connectivity index (χ2n) is 4.74. The van der Waals surface area contributed by atoms with Crippen LogP contribution in [0.2, 0.25) is 0 Å². The fourth-order valence-corrected chi connectivity index (χ4v) is 2.47. The summed E-state index contributed by atoms with van der Waals surface area (Å²) in [5.41, 5.74) is 0.798. The Morgan fingerprint density at radius 2 is 2.09 bits per heavy atom. The Kier molecular flexibility index (Phi) is 3.94. The van der Waals surface area contributed by atoms with E-state index in [-0.39, 0.29) is 16.2 Å². The van der Waals surface area contributed by atoms with Crippen molar-refractivity contribution < 1.29 is 9.84 Å². The SMILES string of the molecule is COc1ccc(-n2c(O)c(/C=C3\C=CC=N3)c(=O)[nH]c2=S)cc1. The number of allylic oxidation sites excluding steroid dienone is 2. The average molecular weight is 327 g/mol. The Bertz CT molecular complexity index is 936. The molecule has 1 aromatic heterocycles. The Hall–Kier alpha value is -2.93. The normalized spacial score (nSPS) is 14.6. The van der Waals surface area contributed by atoms with Gasteiger partial charge in [-0.05, 0) is 54.7 Å². The lowest BCUT2D eigenvalue weighted by Crippen LogP contribution is -2.16. The second kappa shape index (κ2) is 6.05. The molecule has 0 atom stereocenters. The molecule has 2 aromatic rings. The van der Waals surface area contributed by atoms with Crippen molar-refractivity contribution >= 4 is 24.5 Å². The Morgan fingerprint density at radius 1 is 1.35 bits per heavy atom. The molecule has 0 unspecified atom stereocenters. The predicted octanol–water partition coefficient (Wildman–Crippen LogP) is 2.59. The van der Waals surface area contributed by atoms with Crippen molar-refractivity contribution in [1.29, 1.82) is 0 Å². The second-order valence-corrected chi connectivity index (χ2v) is 5.12. The van der Waals surface area contributed by atoms with E-state index in [0.717, 1.165) is 0 Å². The first-order chi connectivity index (χ1) is 11.1. The number of aromatic nitrogens is 2. The van der Waals surface area contributed by atoms with Gasteiger partial charge in [0.2, 0.25) is 5.88 Å². The van der Waals surface area contributed by atoms with Crippen LogP contribution < -0.4 is 10.3 Å². The third kappa shape index (κ3) is 2.86. The molecule has 0 saturated carbocycles. The molecular formula is C16H13N3O3S. The summed E-state index contributed by atoms with van der Waals surface area (Å²) in [6.45, 7) is 0. The molecule has 3 rings (SSSR count). The first-order valence-corrected chi connectivity index (χ1v) is 7.16. The molecule has 0 bridgehead atoms. The molecule has 0 radical (unpaired) electrons. The minimum atomic E-state index is -0.472. The summed E-state index contributed by atoms with van der Waals surface area (Å²) in [4.78, 5) is 18.7. The molecule has 0 aliphatic carbocycles. The summed E-state index contributed by atoms with van der Waals surface area (Å²) in [6, 6.07) is 6.95. The molecule has 0 fully saturated rings. The van der Waals surface area contributed by atoms with Gasteiger partial charge in [0, 0.05) is 6.21 Å². The van der Waals surface area contributed by atoms with Crippen LogP contribution in [0.1, 0.15) is 5.56 Å². The van der Waals surface area contributed by atoms with Gasteiger partial charge in [0.25, 0.3) is 5.56 Å². The molecule has 1 aliphatic rings. The fourth-order valence-electron chi connectivity index (χ4n) is 2.19. The van der Waals surface area contributed by atoms with Crippen LogP contribution in [0.25, 0.3) is 11.8 Å². The Balaban J connectivity index is 2.19. The zero-order valence-corrected chi connectivity index (χ0v) is 13.0. The standard InChI is InChI=1S/C16H13N3O3S/c1-22-12-6-4-11(5-7-12)19-15(21)13(14(20)18-16(19)23)9-10-3-2-8-17-10/h2-9,21H,1H3,(H,18,20,23)/b10-9+. The quantitative estimate of drug-likeness (QED) is 0.849. The molecule has 0 amide bonds. The number of hydrogen-bond donors (Lipinski definition) is 2. The largest absolute Gasteiger partial charge is 0.497 e. The number of nitrogens with one attached hydrogen (secondary N) is 1. The van der Waals surface area contributed by atoms with E-state index in [4.69, 9.17) is 17.0 Å². The van der Waals surface area contributed by atoms with Crippen LogP contribution >= 0.6 is 12.2 Å². The van der Waals surface area contributed by atoms with Crippen LogP contribution in [-0.2, 0) is 0 Å². The van der Waals surface area contributed by atoms with Crippen LogP contribution in [0.5, 0.6) is 11.6 Å². The fraction of sp³-hybridized carbons (Fsp3) is 0.0625.